The molecule has 0 saturated heterocycles. The average molecular weight is 307 g/mol. The standard InChI is InChI=1S/C14H11ClN2O2S/c1-17(7-8-3-2-4-20-8)12-6-11-9(5-10(12)15)13(18)14(19)16-11/h2-6H,7H2,1H3,(H,16,18,19). The number of hydrogen-bond acceptors (Lipinski definition) is 4. The minimum atomic E-state index is -0.603. The predicted molar refractivity (Wildman–Crippen MR) is 80.8 cm³/mol. The highest BCUT2D eigenvalue weighted by Gasteiger charge is 2.29. The molecule has 1 amide bonds. The van der Waals surface area contributed by atoms with Crippen molar-refractivity contribution in [2.45, 2.75) is 6.54 Å². The van der Waals surface area contributed by atoms with Gasteiger partial charge in [-0.3, -0.25) is 9.59 Å². The lowest BCUT2D eigenvalue weighted by Crippen LogP contribution is -2.16. The van der Waals surface area contributed by atoms with Crippen LogP contribution in [0.4, 0.5) is 11.4 Å². The molecular formula is C14H11ClN2O2S. The van der Waals surface area contributed by atoms with E-state index in [0.29, 0.717) is 16.3 Å². The third-order valence-corrected chi connectivity index (χ3v) is 4.33. The van der Waals surface area contributed by atoms with Crippen LogP contribution in [0.15, 0.2) is 29.6 Å². The molecule has 4 nitrogen and oxygen atoms in total. The zero-order valence-corrected chi connectivity index (χ0v) is 12.2. The predicted octanol–water partition coefficient (Wildman–Crippen LogP) is 3.17. The minimum Gasteiger partial charge on any atom is -0.368 e. The number of fused-ring (bicyclic) bond motifs is 1. The Kier molecular flexibility index (Phi) is 3.23. The van der Waals surface area contributed by atoms with Crippen molar-refractivity contribution >= 4 is 46.0 Å². The van der Waals surface area contributed by atoms with E-state index >= 15 is 0 Å². The summed E-state index contributed by atoms with van der Waals surface area (Å²) in [5, 5.41) is 5.04. The Balaban J connectivity index is 1.93. The van der Waals surface area contributed by atoms with E-state index in [-0.39, 0.29) is 0 Å². The van der Waals surface area contributed by atoms with Crippen LogP contribution in [0.5, 0.6) is 0 Å². The third-order valence-electron chi connectivity index (χ3n) is 3.17. The lowest BCUT2D eigenvalue weighted by atomic mass is 10.1. The zero-order valence-electron chi connectivity index (χ0n) is 10.6. The van der Waals surface area contributed by atoms with E-state index in [1.807, 2.05) is 29.5 Å². The lowest BCUT2D eigenvalue weighted by molar-refractivity contribution is -0.112. The van der Waals surface area contributed by atoms with E-state index < -0.39 is 11.7 Å². The first-order chi connectivity index (χ1) is 9.56. The van der Waals surface area contributed by atoms with Gasteiger partial charge in [0.2, 0.25) is 0 Å². The summed E-state index contributed by atoms with van der Waals surface area (Å²) in [6.07, 6.45) is 0. The SMILES string of the molecule is CN(Cc1cccs1)c1cc2c(cc1Cl)C(=O)C(=O)N2. The summed E-state index contributed by atoms with van der Waals surface area (Å²) in [4.78, 5) is 26.2. The average Bonchev–Trinajstić information content (AvgIpc) is 3.00. The molecule has 0 spiro atoms. The molecule has 1 N–H and O–H groups in total. The highest BCUT2D eigenvalue weighted by atomic mass is 35.5. The van der Waals surface area contributed by atoms with Crippen LogP contribution in [-0.2, 0) is 11.3 Å². The Labute approximate surface area is 125 Å². The number of carbonyl (C=O) groups is 2. The van der Waals surface area contributed by atoms with Gasteiger partial charge in [0.15, 0.2) is 0 Å². The highest BCUT2D eigenvalue weighted by Crippen LogP contribution is 2.35. The van der Waals surface area contributed by atoms with Crippen LogP contribution in [0.3, 0.4) is 0 Å². The number of nitrogens with zero attached hydrogens (tertiary/aromatic N) is 1. The van der Waals surface area contributed by atoms with Crippen LogP contribution < -0.4 is 10.2 Å². The van der Waals surface area contributed by atoms with Crippen molar-refractivity contribution in [3.8, 4) is 0 Å². The van der Waals surface area contributed by atoms with Crippen LogP contribution in [0.2, 0.25) is 5.02 Å². The van der Waals surface area contributed by atoms with Gasteiger partial charge < -0.3 is 10.2 Å². The number of thiophene rings is 1. The molecule has 0 fully saturated rings. The molecule has 0 atom stereocenters. The van der Waals surface area contributed by atoms with Gasteiger partial charge in [-0.05, 0) is 23.6 Å². The maximum absolute atomic E-state index is 11.6. The third kappa shape index (κ3) is 2.19. The Morgan fingerprint density at radius 3 is 2.85 bits per heavy atom. The fourth-order valence-corrected chi connectivity index (χ4v) is 3.23. The molecule has 20 heavy (non-hydrogen) atoms. The maximum Gasteiger partial charge on any atom is 0.296 e. The monoisotopic (exact) mass is 306 g/mol. The van der Waals surface area contributed by atoms with Gasteiger partial charge in [0.05, 0.1) is 28.5 Å². The first-order valence-corrected chi connectivity index (χ1v) is 7.25. The molecule has 1 aromatic heterocycles. The summed E-state index contributed by atoms with van der Waals surface area (Å²) >= 11 is 7.90. The van der Waals surface area contributed by atoms with Gasteiger partial charge in [-0.25, -0.2) is 0 Å². The fraction of sp³-hybridized carbons (Fsp3) is 0.143. The number of rotatable bonds is 3. The molecule has 0 radical (unpaired) electrons. The Morgan fingerprint density at radius 2 is 2.15 bits per heavy atom. The van der Waals surface area contributed by atoms with Gasteiger partial charge >= 0.3 is 0 Å². The van der Waals surface area contributed by atoms with Gasteiger partial charge in [0.1, 0.15) is 0 Å². The molecule has 2 heterocycles. The number of ketones is 1. The second-order valence-corrected chi connectivity index (χ2v) is 6.01. The largest absolute Gasteiger partial charge is 0.368 e. The number of amides is 1. The number of benzene rings is 1. The van der Waals surface area contributed by atoms with Crippen LogP contribution in [0, 0.1) is 0 Å². The molecule has 1 aliphatic heterocycles. The van der Waals surface area contributed by atoms with Crippen molar-refractivity contribution in [2.24, 2.45) is 0 Å². The van der Waals surface area contributed by atoms with Crippen LogP contribution in [0.25, 0.3) is 0 Å². The van der Waals surface area contributed by atoms with Gasteiger partial charge in [0.25, 0.3) is 11.7 Å². The van der Waals surface area contributed by atoms with Crippen LogP contribution in [0.1, 0.15) is 15.2 Å². The molecule has 0 aliphatic carbocycles. The number of nitrogens with one attached hydrogen (secondary N) is 1. The summed E-state index contributed by atoms with van der Waals surface area (Å²) in [5.74, 6) is -1.14. The van der Waals surface area contributed by atoms with Crippen molar-refractivity contribution in [3.05, 3.63) is 45.1 Å². The lowest BCUT2D eigenvalue weighted by Gasteiger charge is -2.20. The van der Waals surface area contributed by atoms with E-state index in [1.165, 1.54) is 4.88 Å². The number of halogens is 1. The van der Waals surface area contributed by atoms with Gasteiger partial charge in [0, 0.05) is 11.9 Å². The van der Waals surface area contributed by atoms with Crippen molar-refractivity contribution < 1.29 is 9.59 Å². The Hall–Kier alpha value is -1.85. The van der Waals surface area contributed by atoms with E-state index in [0.717, 1.165) is 12.2 Å². The normalized spacial score (nSPS) is 13.3. The number of Topliss-reactive ketones (excluding diaryl/α,β-unsaturated/α-hetero) is 1. The second-order valence-electron chi connectivity index (χ2n) is 4.57. The van der Waals surface area contributed by atoms with Gasteiger partial charge in [-0.15, -0.1) is 11.3 Å². The Morgan fingerprint density at radius 1 is 1.35 bits per heavy atom. The highest BCUT2D eigenvalue weighted by molar-refractivity contribution is 7.09. The van der Waals surface area contributed by atoms with Crippen molar-refractivity contribution in [1.29, 1.82) is 0 Å². The first-order valence-electron chi connectivity index (χ1n) is 5.99. The van der Waals surface area contributed by atoms with Crippen LogP contribution in [-0.4, -0.2) is 18.7 Å². The van der Waals surface area contributed by atoms with Crippen LogP contribution >= 0.6 is 22.9 Å². The topological polar surface area (TPSA) is 49.4 Å². The quantitative estimate of drug-likeness (QED) is 0.886. The summed E-state index contributed by atoms with van der Waals surface area (Å²) in [5.41, 5.74) is 1.65. The van der Waals surface area contributed by atoms with E-state index in [1.54, 1.807) is 23.5 Å². The molecule has 0 saturated carbocycles. The van der Waals surface area contributed by atoms with E-state index in [9.17, 15) is 9.59 Å². The molecule has 0 bridgehead atoms. The maximum atomic E-state index is 11.6. The van der Waals surface area contributed by atoms with E-state index in [4.69, 9.17) is 11.6 Å². The molecule has 6 heteroatoms. The number of hydrogen-bond donors (Lipinski definition) is 1. The summed E-state index contributed by atoms with van der Waals surface area (Å²) < 4.78 is 0. The smallest absolute Gasteiger partial charge is 0.296 e. The van der Waals surface area contributed by atoms with Crippen molar-refractivity contribution in [2.75, 3.05) is 17.3 Å². The molecule has 3 rings (SSSR count). The molecular weight excluding hydrogens is 296 g/mol. The summed E-state index contributed by atoms with van der Waals surface area (Å²) in [6.45, 7) is 0.720. The molecule has 0 unspecified atom stereocenters. The van der Waals surface area contributed by atoms with Crippen molar-refractivity contribution in [3.63, 3.8) is 0 Å². The summed E-state index contributed by atoms with van der Waals surface area (Å²) in [6, 6.07) is 7.34. The molecule has 2 aromatic rings. The fourth-order valence-electron chi connectivity index (χ4n) is 2.17. The van der Waals surface area contributed by atoms with E-state index in [2.05, 4.69) is 5.32 Å². The van der Waals surface area contributed by atoms with Gasteiger partial charge in [-0.2, -0.15) is 0 Å². The Bertz CT molecular complexity index is 697. The zero-order chi connectivity index (χ0) is 14.3. The number of carbonyl (C=O) groups excluding carboxylic acids is 2. The second kappa shape index (κ2) is 4.92. The molecule has 102 valence electrons. The first kappa shape index (κ1) is 13.1. The molecule has 1 aromatic carbocycles. The van der Waals surface area contributed by atoms with Gasteiger partial charge in [-0.1, -0.05) is 17.7 Å². The number of anilines is 2. The molecule has 1 aliphatic rings. The minimum absolute atomic E-state index is 0.341. The van der Waals surface area contributed by atoms with Crippen molar-refractivity contribution in [1.82, 2.24) is 0 Å². The summed E-state index contributed by atoms with van der Waals surface area (Å²) in [7, 11) is 1.92.